The Labute approximate surface area is 68.3 Å². The van der Waals surface area contributed by atoms with Gasteiger partial charge in [-0.2, -0.15) is 5.10 Å². The van der Waals surface area contributed by atoms with Gasteiger partial charge in [-0.1, -0.05) is 6.08 Å². The van der Waals surface area contributed by atoms with Crippen LogP contribution in [-0.2, 0) is 0 Å². The highest BCUT2D eigenvalue weighted by molar-refractivity contribution is 5.88. The zero-order valence-corrected chi connectivity index (χ0v) is 6.19. The van der Waals surface area contributed by atoms with Gasteiger partial charge in [0.2, 0.25) is 0 Å². The summed E-state index contributed by atoms with van der Waals surface area (Å²) in [5, 5.41) is 23.7. The van der Waals surface area contributed by atoms with Crippen molar-refractivity contribution in [3.8, 4) is 0 Å². The van der Waals surface area contributed by atoms with E-state index in [0.717, 1.165) is 6.20 Å². The first kappa shape index (κ1) is 8.48. The van der Waals surface area contributed by atoms with Crippen molar-refractivity contribution in [1.29, 1.82) is 0 Å². The number of aromatic carboxylic acids is 1. The highest BCUT2D eigenvalue weighted by atomic mass is 16.4. The lowest BCUT2D eigenvalue weighted by Gasteiger charge is -2.01. The summed E-state index contributed by atoms with van der Waals surface area (Å²) >= 11 is 0. The van der Waals surface area contributed by atoms with Crippen molar-refractivity contribution in [2.24, 2.45) is 0 Å². The van der Waals surface area contributed by atoms with Crippen LogP contribution in [0.1, 0.15) is 22.2 Å². The summed E-state index contributed by atoms with van der Waals surface area (Å²) in [4.78, 5) is 10.5. The number of rotatable bonds is 3. The number of nitrogens with zero attached hydrogens (tertiary/aromatic N) is 1. The van der Waals surface area contributed by atoms with Crippen LogP contribution in [0.2, 0.25) is 0 Å². The second-order valence-electron chi connectivity index (χ2n) is 2.18. The number of carboxylic acids is 1. The molecule has 5 nitrogen and oxygen atoms in total. The fourth-order valence-electron chi connectivity index (χ4n) is 0.810. The number of aliphatic hydroxyl groups is 1. The minimum absolute atomic E-state index is 0.0394. The maximum absolute atomic E-state index is 10.5. The van der Waals surface area contributed by atoms with E-state index in [0.29, 0.717) is 0 Å². The van der Waals surface area contributed by atoms with Gasteiger partial charge < -0.3 is 10.2 Å². The lowest BCUT2D eigenvalue weighted by molar-refractivity contribution is 0.0691. The number of carbonyl (C=O) groups is 1. The molecule has 0 aliphatic heterocycles. The largest absolute Gasteiger partial charge is 0.478 e. The number of hydrogen-bond acceptors (Lipinski definition) is 3. The summed E-state index contributed by atoms with van der Waals surface area (Å²) in [5.74, 6) is -1.13. The molecule has 12 heavy (non-hydrogen) atoms. The molecule has 3 N–H and O–H groups in total. The summed E-state index contributed by atoms with van der Waals surface area (Å²) < 4.78 is 0. The highest BCUT2D eigenvalue weighted by Crippen LogP contribution is 2.14. The van der Waals surface area contributed by atoms with Crippen LogP contribution in [0.4, 0.5) is 0 Å². The topological polar surface area (TPSA) is 86.2 Å². The van der Waals surface area contributed by atoms with Gasteiger partial charge in [-0.05, 0) is 0 Å². The first-order chi connectivity index (χ1) is 5.66. The van der Waals surface area contributed by atoms with Crippen LogP contribution in [0, 0.1) is 0 Å². The fraction of sp³-hybridized carbons (Fsp3) is 0.143. The van der Waals surface area contributed by atoms with Crippen molar-refractivity contribution in [2.45, 2.75) is 6.10 Å². The molecule has 0 aromatic carbocycles. The molecule has 64 valence electrons. The zero-order valence-electron chi connectivity index (χ0n) is 6.19. The Hall–Kier alpha value is -1.62. The molecule has 0 bridgehead atoms. The summed E-state index contributed by atoms with van der Waals surface area (Å²) in [7, 11) is 0. The van der Waals surface area contributed by atoms with Gasteiger partial charge in [0.25, 0.3) is 0 Å². The molecule has 5 heteroatoms. The van der Waals surface area contributed by atoms with Crippen molar-refractivity contribution in [1.82, 2.24) is 10.2 Å². The van der Waals surface area contributed by atoms with E-state index in [4.69, 9.17) is 5.11 Å². The standard InChI is InChI=1S/C7H8N2O3/c1-2-5(10)6-4(7(11)12)3-8-9-6/h2-3,5,10H,1H2,(H,8,9)(H,11,12). The van der Waals surface area contributed by atoms with Crippen molar-refractivity contribution < 1.29 is 15.0 Å². The molecule has 1 atom stereocenters. The molecule has 0 fully saturated rings. The molecule has 0 aliphatic rings. The second-order valence-corrected chi connectivity index (χ2v) is 2.18. The predicted octanol–water partition coefficient (Wildman–Crippen LogP) is 0.327. The van der Waals surface area contributed by atoms with Crippen LogP contribution in [0.5, 0.6) is 0 Å². The summed E-state index contributed by atoms with van der Waals surface area (Å²) in [6.07, 6.45) is 1.35. The van der Waals surface area contributed by atoms with Crippen LogP contribution >= 0.6 is 0 Å². The van der Waals surface area contributed by atoms with E-state index < -0.39 is 12.1 Å². The van der Waals surface area contributed by atoms with Crippen molar-refractivity contribution in [2.75, 3.05) is 0 Å². The smallest absolute Gasteiger partial charge is 0.339 e. The number of aromatic amines is 1. The Morgan fingerprint density at radius 1 is 1.83 bits per heavy atom. The number of H-pyrrole nitrogens is 1. The molecule has 0 saturated carbocycles. The van der Waals surface area contributed by atoms with Gasteiger partial charge in [0.05, 0.1) is 11.9 Å². The monoisotopic (exact) mass is 168 g/mol. The highest BCUT2D eigenvalue weighted by Gasteiger charge is 2.16. The van der Waals surface area contributed by atoms with Gasteiger partial charge >= 0.3 is 5.97 Å². The molecule has 1 aromatic heterocycles. The van der Waals surface area contributed by atoms with E-state index in [1.165, 1.54) is 6.08 Å². The van der Waals surface area contributed by atoms with E-state index in [9.17, 15) is 9.90 Å². The molecule has 0 radical (unpaired) electrons. The Balaban J connectivity index is 3.06. The number of carboxylic acid groups (broad SMARTS) is 1. The minimum Gasteiger partial charge on any atom is -0.478 e. The fourth-order valence-corrected chi connectivity index (χ4v) is 0.810. The predicted molar refractivity (Wildman–Crippen MR) is 40.7 cm³/mol. The number of aliphatic hydroxyl groups excluding tert-OH is 1. The quantitative estimate of drug-likeness (QED) is 0.567. The van der Waals surface area contributed by atoms with Crippen LogP contribution < -0.4 is 0 Å². The summed E-state index contributed by atoms with van der Waals surface area (Å²) in [5.41, 5.74) is 0.111. The van der Waals surface area contributed by atoms with Crippen LogP contribution in [0.3, 0.4) is 0 Å². The summed E-state index contributed by atoms with van der Waals surface area (Å²) in [6, 6.07) is 0. The molecule has 0 aliphatic carbocycles. The zero-order chi connectivity index (χ0) is 9.14. The SMILES string of the molecule is C=CC(O)c1[nH]ncc1C(=O)O. The average molecular weight is 168 g/mol. The first-order valence-electron chi connectivity index (χ1n) is 3.24. The third-order valence-electron chi connectivity index (χ3n) is 1.42. The normalized spacial score (nSPS) is 12.4. The maximum atomic E-state index is 10.5. The van der Waals surface area contributed by atoms with E-state index in [1.54, 1.807) is 0 Å². The van der Waals surface area contributed by atoms with Crippen molar-refractivity contribution >= 4 is 5.97 Å². The van der Waals surface area contributed by atoms with Gasteiger partial charge in [-0.25, -0.2) is 4.79 Å². The molecular weight excluding hydrogens is 160 g/mol. The lowest BCUT2D eigenvalue weighted by atomic mass is 10.1. The summed E-state index contributed by atoms with van der Waals surface area (Å²) in [6.45, 7) is 3.33. The molecule has 0 spiro atoms. The Morgan fingerprint density at radius 3 is 3.00 bits per heavy atom. The van der Waals surface area contributed by atoms with Crippen molar-refractivity contribution in [3.63, 3.8) is 0 Å². The Morgan fingerprint density at radius 2 is 2.50 bits per heavy atom. The molecule has 1 heterocycles. The van der Waals surface area contributed by atoms with Crippen molar-refractivity contribution in [3.05, 3.63) is 30.1 Å². The van der Waals surface area contributed by atoms with Gasteiger partial charge in [0.1, 0.15) is 11.7 Å². The number of hydrogen-bond donors (Lipinski definition) is 3. The number of aromatic nitrogens is 2. The second kappa shape index (κ2) is 3.19. The molecule has 1 aromatic rings. The van der Waals surface area contributed by atoms with Gasteiger partial charge in [-0.15, -0.1) is 6.58 Å². The molecular formula is C7H8N2O3. The van der Waals surface area contributed by atoms with E-state index >= 15 is 0 Å². The van der Waals surface area contributed by atoms with Gasteiger partial charge in [0, 0.05) is 0 Å². The minimum atomic E-state index is -1.13. The third-order valence-corrected chi connectivity index (χ3v) is 1.42. The van der Waals surface area contributed by atoms with Crippen LogP contribution in [0.15, 0.2) is 18.9 Å². The van der Waals surface area contributed by atoms with E-state index in [1.807, 2.05) is 0 Å². The van der Waals surface area contributed by atoms with E-state index in [-0.39, 0.29) is 11.3 Å². The van der Waals surface area contributed by atoms with E-state index in [2.05, 4.69) is 16.8 Å². The lowest BCUT2D eigenvalue weighted by Crippen LogP contribution is -2.03. The third kappa shape index (κ3) is 1.35. The van der Waals surface area contributed by atoms with Gasteiger partial charge in [-0.3, -0.25) is 5.10 Å². The van der Waals surface area contributed by atoms with Gasteiger partial charge in [0.15, 0.2) is 0 Å². The Bertz CT molecular complexity index is 305. The maximum Gasteiger partial charge on any atom is 0.339 e. The first-order valence-corrected chi connectivity index (χ1v) is 3.24. The molecule has 1 rings (SSSR count). The van der Waals surface area contributed by atoms with Crippen LogP contribution in [-0.4, -0.2) is 26.4 Å². The number of nitrogens with one attached hydrogen (secondary N) is 1. The van der Waals surface area contributed by atoms with Crippen LogP contribution in [0.25, 0.3) is 0 Å². The molecule has 0 amide bonds. The molecule has 1 unspecified atom stereocenters. The Kier molecular flexibility index (Phi) is 2.25. The average Bonchev–Trinajstić information content (AvgIpc) is 2.50. The molecule has 0 saturated heterocycles.